The Labute approximate surface area is 91.1 Å². The largest absolute Gasteiger partial charge is 0.497 e. The van der Waals surface area contributed by atoms with Gasteiger partial charge in [0.15, 0.2) is 0 Å². The second-order valence-electron chi connectivity index (χ2n) is 3.66. The zero-order valence-electron chi connectivity index (χ0n) is 9.36. The molecule has 0 aromatic heterocycles. The fraction of sp³-hybridized carbons (Fsp3) is 0.500. The summed E-state index contributed by atoms with van der Waals surface area (Å²) < 4.78 is 4.97. The zero-order chi connectivity index (χ0) is 11.1. The molecule has 0 radical (unpaired) electrons. The van der Waals surface area contributed by atoms with Gasteiger partial charge >= 0.3 is 0 Å². The van der Waals surface area contributed by atoms with Gasteiger partial charge in [-0.05, 0) is 32.0 Å². The maximum absolute atomic E-state index is 8.67. The van der Waals surface area contributed by atoms with Crippen molar-refractivity contribution in [2.45, 2.75) is 19.4 Å². The molecule has 84 valence electrons. The molecule has 1 heterocycles. The minimum absolute atomic E-state index is 0.0648. The molecule has 3 nitrogen and oxygen atoms in total. The van der Waals surface area contributed by atoms with Crippen molar-refractivity contribution in [3.8, 4) is 5.75 Å². The van der Waals surface area contributed by atoms with Gasteiger partial charge in [0, 0.05) is 6.54 Å². The van der Waals surface area contributed by atoms with E-state index in [1.54, 1.807) is 7.11 Å². The van der Waals surface area contributed by atoms with Crippen molar-refractivity contribution >= 4 is 0 Å². The summed E-state index contributed by atoms with van der Waals surface area (Å²) in [5.41, 5.74) is 1.26. The van der Waals surface area contributed by atoms with Gasteiger partial charge in [0.25, 0.3) is 0 Å². The summed E-state index contributed by atoms with van der Waals surface area (Å²) in [4.78, 5) is 0. The lowest BCUT2D eigenvalue weighted by Crippen LogP contribution is -2.11. The van der Waals surface area contributed by atoms with Crippen LogP contribution in [0, 0.1) is 6.92 Å². The molecule has 1 aliphatic heterocycles. The van der Waals surface area contributed by atoms with Crippen LogP contribution in [-0.2, 0) is 0 Å². The smallest absolute Gasteiger partial charge is 0.118 e. The van der Waals surface area contributed by atoms with E-state index in [0.717, 1.165) is 25.3 Å². The minimum Gasteiger partial charge on any atom is -0.497 e. The van der Waals surface area contributed by atoms with Crippen molar-refractivity contribution in [1.82, 2.24) is 5.32 Å². The van der Waals surface area contributed by atoms with Gasteiger partial charge in [-0.3, -0.25) is 0 Å². The summed E-state index contributed by atoms with van der Waals surface area (Å²) in [5, 5.41) is 11.7. The van der Waals surface area contributed by atoms with Crippen molar-refractivity contribution in [3.05, 3.63) is 29.8 Å². The molecule has 0 bridgehead atoms. The Bertz CT molecular complexity index is 265. The third-order valence-electron chi connectivity index (χ3n) is 2.29. The van der Waals surface area contributed by atoms with E-state index in [1.807, 2.05) is 24.3 Å². The number of rotatable bonds is 1. The Morgan fingerprint density at radius 1 is 1.33 bits per heavy atom. The van der Waals surface area contributed by atoms with E-state index < -0.39 is 0 Å². The predicted molar refractivity (Wildman–Crippen MR) is 61.2 cm³/mol. The number of aliphatic hydroxyl groups is 1. The predicted octanol–water partition coefficient (Wildman–Crippen LogP) is 1.34. The van der Waals surface area contributed by atoms with E-state index in [2.05, 4.69) is 12.2 Å². The van der Waals surface area contributed by atoms with Crippen LogP contribution in [0.4, 0.5) is 0 Å². The highest BCUT2D eigenvalue weighted by atomic mass is 16.5. The lowest BCUT2D eigenvalue weighted by Gasteiger charge is -1.97. The zero-order valence-corrected chi connectivity index (χ0v) is 9.36. The lowest BCUT2D eigenvalue weighted by atomic mass is 10.2. The van der Waals surface area contributed by atoms with Gasteiger partial charge in [-0.1, -0.05) is 17.7 Å². The molecule has 1 saturated heterocycles. The fourth-order valence-electron chi connectivity index (χ4n) is 1.31. The highest BCUT2D eigenvalue weighted by Crippen LogP contribution is 2.09. The van der Waals surface area contributed by atoms with Crippen LogP contribution >= 0.6 is 0 Å². The van der Waals surface area contributed by atoms with Gasteiger partial charge < -0.3 is 15.2 Å². The summed E-state index contributed by atoms with van der Waals surface area (Å²) in [6, 6.07) is 7.96. The van der Waals surface area contributed by atoms with Crippen LogP contribution in [0.15, 0.2) is 24.3 Å². The molecule has 1 aromatic carbocycles. The van der Waals surface area contributed by atoms with Gasteiger partial charge in [-0.25, -0.2) is 0 Å². The average molecular weight is 209 g/mol. The lowest BCUT2D eigenvalue weighted by molar-refractivity contribution is 0.196. The third kappa shape index (κ3) is 4.81. The van der Waals surface area contributed by atoms with Crippen LogP contribution in [0.3, 0.4) is 0 Å². The highest BCUT2D eigenvalue weighted by Gasteiger charge is 2.08. The van der Waals surface area contributed by atoms with Gasteiger partial charge in [-0.2, -0.15) is 0 Å². The van der Waals surface area contributed by atoms with Crippen molar-refractivity contribution in [2.24, 2.45) is 0 Å². The summed E-state index contributed by atoms with van der Waals surface area (Å²) in [5.74, 6) is 0.917. The van der Waals surface area contributed by atoms with Crippen LogP contribution in [0.2, 0.25) is 0 Å². The number of aryl methyl sites for hydroxylation is 1. The van der Waals surface area contributed by atoms with Gasteiger partial charge in [0.05, 0.1) is 13.2 Å². The van der Waals surface area contributed by atoms with Crippen molar-refractivity contribution in [2.75, 3.05) is 20.2 Å². The maximum Gasteiger partial charge on any atom is 0.118 e. The molecule has 0 spiro atoms. The Hall–Kier alpha value is -1.06. The molecule has 2 rings (SSSR count). The Morgan fingerprint density at radius 3 is 2.33 bits per heavy atom. The normalized spacial score (nSPS) is 19.3. The Morgan fingerprint density at radius 2 is 2.00 bits per heavy atom. The van der Waals surface area contributed by atoms with E-state index in [0.29, 0.717) is 0 Å². The number of hydrogen-bond donors (Lipinski definition) is 2. The van der Waals surface area contributed by atoms with Crippen molar-refractivity contribution in [3.63, 3.8) is 0 Å². The summed E-state index contributed by atoms with van der Waals surface area (Å²) >= 11 is 0. The fourth-order valence-corrected chi connectivity index (χ4v) is 1.31. The maximum atomic E-state index is 8.67. The molecule has 2 N–H and O–H groups in total. The van der Waals surface area contributed by atoms with Crippen LogP contribution in [-0.4, -0.2) is 31.4 Å². The highest BCUT2D eigenvalue weighted by molar-refractivity contribution is 5.25. The number of nitrogens with one attached hydrogen (secondary N) is 1. The first-order valence-corrected chi connectivity index (χ1v) is 5.22. The first kappa shape index (κ1) is 12.0. The van der Waals surface area contributed by atoms with Crippen LogP contribution < -0.4 is 10.1 Å². The Balaban J connectivity index is 0.000000162. The summed E-state index contributed by atoms with van der Waals surface area (Å²) in [6.07, 6.45) is 0.866. The number of aliphatic hydroxyl groups excluding tert-OH is 1. The molecular weight excluding hydrogens is 190 g/mol. The molecule has 1 atom stereocenters. The molecule has 0 amide bonds. The van der Waals surface area contributed by atoms with Crippen LogP contribution in [0.25, 0.3) is 0 Å². The first-order valence-electron chi connectivity index (χ1n) is 5.22. The van der Waals surface area contributed by atoms with Gasteiger partial charge in [-0.15, -0.1) is 0 Å². The number of hydrogen-bond acceptors (Lipinski definition) is 3. The molecular formula is C12H19NO2. The summed E-state index contributed by atoms with van der Waals surface area (Å²) in [7, 11) is 1.67. The van der Waals surface area contributed by atoms with Crippen molar-refractivity contribution < 1.29 is 9.84 Å². The quantitative estimate of drug-likeness (QED) is 0.733. The van der Waals surface area contributed by atoms with E-state index in [9.17, 15) is 0 Å². The molecule has 1 aromatic rings. The van der Waals surface area contributed by atoms with Gasteiger partial charge in [0.2, 0.25) is 0 Å². The first-order chi connectivity index (χ1) is 7.22. The second kappa shape index (κ2) is 6.43. The molecule has 0 aliphatic carbocycles. The molecule has 3 heteroatoms. The molecule has 0 saturated carbocycles. The van der Waals surface area contributed by atoms with E-state index in [1.165, 1.54) is 5.56 Å². The third-order valence-corrected chi connectivity index (χ3v) is 2.29. The average Bonchev–Trinajstić information content (AvgIpc) is 2.71. The standard InChI is InChI=1S/C8H10O.C4H9NO/c1-7-3-5-8(9-2)6-4-7;6-4-1-2-5-3-4/h3-6H,1-2H3;4-6H,1-3H2. The van der Waals surface area contributed by atoms with Crippen LogP contribution in [0.5, 0.6) is 5.75 Å². The number of ether oxygens (including phenoxy) is 1. The monoisotopic (exact) mass is 209 g/mol. The topological polar surface area (TPSA) is 41.5 Å². The molecule has 15 heavy (non-hydrogen) atoms. The molecule has 1 aliphatic rings. The van der Waals surface area contributed by atoms with E-state index in [-0.39, 0.29) is 6.10 Å². The SMILES string of the molecule is COc1ccc(C)cc1.OC1CCNC1. The number of methoxy groups -OCH3 is 1. The van der Waals surface area contributed by atoms with Crippen LogP contribution in [0.1, 0.15) is 12.0 Å². The van der Waals surface area contributed by atoms with E-state index in [4.69, 9.17) is 9.84 Å². The van der Waals surface area contributed by atoms with E-state index >= 15 is 0 Å². The number of β-amino-alcohol motifs (C(OH)–C–C–N with tert-alkyl or cyclic N) is 1. The van der Waals surface area contributed by atoms with Gasteiger partial charge in [0.1, 0.15) is 5.75 Å². The molecule has 1 unspecified atom stereocenters. The number of benzene rings is 1. The summed E-state index contributed by atoms with van der Waals surface area (Å²) in [6.45, 7) is 3.83. The Kier molecular flexibility index (Phi) is 5.15. The van der Waals surface area contributed by atoms with Crippen molar-refractivity contribution in [1.29, 1.82) is 0 Å². The second-order valence-corrected chi connectivity index (χ2v) is 3.66. The minimum atomic E-state index is -0.0648. The molecule has 1 fully saturated rings.